The van der Waals surface area contributed by atoms with Gasteiger partial charge in [-0.2, -0.15) is 17.0 Å². The van der Waals surface area contributed by atoms with Crippen molar-refractivity contribution in [1.29, 1.82) is 0 Å². The van der Waals surface area contributed by atoms with Crippen LogP contribution in [0, 0.1) is 5.92 Å². The van der Waals surface area contributed by atoms with Gasteiger partial charge in [0.1, 0.15) is 0 Å². The van der Waals surface area contributed by atoms with Crippen molar-refractivity contribution in [1.82, 2.24) is 13.9 Å². The van der Waals surface area contributed by atoms with E-state index in [0.29, 0.717) is 19.0 Å². The fourth-order valence-electron chi connectivity index (χ4n) is 2.61. The van der Waals surface area contributed by atoms with Crippen molar-refractivity contribution < 1.29 is 8.42 Å². The molecule has 0 heterocycles. The maximum absolute atomic E-state index is 12.3. The number of hydrogen-bond acceptors (Lipinski definition) is 3. The van der Waals surface area contributed by atoms with Gasteiger partial charge < -0.3 is 5.32 Å². The molecule has 0 radical (unpaired) electrons. The maximum Gasteiger partial charge on any atom is 0.281 e. The fraction of sp³-hybridized carbons (Fsp3) is 1.00. The second-order valence-electron chi connectivity index (χ2n) is 5.47. The number of rotatable bonds is 9. The van der Waals surface area contributed by atoms with E-state index in [1.54, 1.807) is 14.1 Å². The fourth-order valence-corrected chi connectivity index (χ4v) is 3.84. The van der Waals surface area contributed by atoms with Crippen LogP contribution in [0.15, 0.2) is 0 Å². The largest absolute Gasteiger partial charge is 0.317 e. The van der Waals surface area contributed by atoms with Crippen molar-refractivity contribution in [2.45, 2.75) is 39.0 Å². The molecule has 1 N–H and O–H groups in total. The van der Waals surface area contributed by atoms with Crippen LogP contribution in [0.3, 0.4) is 0 Å². The van der Waals surface area contributed by atoms with Gasteiger partial charge in [-0.05, 0) is 38.3 Å². The van der Waals surface area contributed by atoms with E-state index in [0.717, 1.165) is 19.5 Å². The molecule has 19 heavy (non-hydrogen) atoms. The standard InChI is InChI=1S/C13H29N3O2S/c1-4-14-10-7-11-15(2)19(17,18)16(3)12-13-8-5-6-9-13/h13-14H,4-12H2,1-3H3. The molecule has 0 bridgehead atoms. The Hall–Kier alpha value is -0.170. The third-order valence-corrected chi connectivity index (χ3v) is 5.76. The first-order valence-electron chi connectivity index (χ1n) is 7.36. The van der Waals surface area contributed by atoms with E-state index in [1.807, 2.05) is 0 Å². The van der Waals surface area contributed by atoms with E-state index in [4.69, 9.17) is 0 Å². The molecule has 1 rings (SSSR count). The highest BCUT2D eigenvalue weighted by molar-refractivity contribution is 7.86. The lowest BCUT2D eigenvalue weighted by Gasteiger charge is -2.26. The second-order valence-corrected chi connectivity index (χ2v) is 7.61. The lowest BCUT2D eigenvalue weighted by atomic mass is 10.1. The van der Waals surface area contributed by atoms with E-state index in [1.165, 1.54) is 34.3 Å². The summed E-state index contributed by atoms with van der Waals surface area (Å²) >= 11 is 0. The Kier molecular flexibility index (Phi) is 7.28. The van der Waals surface area contributed by atoms with Crippen molar-refractivity contribution in [2.75, 3.05) is 40.3 Å². The molecular formula is C13H29N3O2S. The zero-order valence-electron chi connectivity index (χ0n) is 12.6. The van der Waals surface area contributed by atoms with Crippen molar-refractivity contribution in [2.24, 2.45) is 5.92 Å². The quantitative estimate of drug-likeness (QED) is 0.651. The molecule has 6 heteroatoms. The molecular weight excluding hydrogens is 262 g/mol. The molecule has 0 unspecified atom stereocenters. The van der Waals surface area contributed by atoms with Crippen LogP contribution in [0.1, 0.15) is 39.0 Å². The molecule has 5 nitrogen and oxygen atoms in total. The van der Waals surface area contributed by atoms with Gasteiger partial charge in [0.2, 0.25) is 0 Å². The number of nitrogens with zero attached hydrogens (tertiary/aromatic N) is 2. The minimum absolute atomic E-state index is 0.551. The van der Waals surface area contributed by atoms with Crippen LogP contribution in [0.2, 0.25) is 0 Å². The first kappa shape index (κ1) is 16.9. The van der Waals surface area contributed by atoms with Crippen LogP contribution in [0.25, 0.3) is 0 Å². The van der Waals surface area contributed by atoms with Gasteiger partial charge in [0, 0.05) is 27.2 Å². The molecule has 0 spiro atoms. The zero-order chi connectivity index (χ0) is 14.3. The first-order valence-corrected chi connectivity index (χ1v) is 8.76. The van der Waals surface area contributed by atoms with Gasteiger partial charge in [-0.15, -0.1) is 0 Å². The molecule has 0 aromatic rings. The SMILES string of the molecule is CCNCCCN(C)S(=O)(=O)N(C)CC1CCCC1. The molecule has 114 valence electrons. The predicted octanol–water partition coefficient (Wildman–Crippen LogP) is 1.28. The molecule has 0 amide bonds. The van der Waals surface area contributed by atoms with Gasteiger partial charge >= 0.3 is 0 Å². The summed E-state index contributed by atoms with van der Waals surface area (Å²) in [6.45, 7) is 5.08. The van der Waals surface area contributed by atoms with Crippen LogP contribution in [-0.2, 0) is 10.2 Å². The second kappa shape index (κ2) is 8.19. The summed E-state index contributed by atoms with van der Waals surface area (Å²) in [4.78, 5) is 0. The predicted molar refractivity (Wildman–Crippen MR) is 79.3 cm³/mol. The smallest absolute Gasteiger partial charge is 0.281 e. The topological polar surface area (TPSA) is 52.7 Å². The van der Waals surface area contributed by atoms with E-state index in [2.05, 4.69) is 12.2 Å². The minimum Gasteiger partial charge on any atom is -0.317 e. The van der Waals surface area contributed by atoms with Crippen molar-refractivity contribution in [3.05, 3.63) is 0 Å². The van der Waals surface area contributed by atoms with E-state index < -0.39 is 10.2 Å². The van der Waals surface area contributed by atoms with Crippen LogP contribution < -0.4 is 5.32 Å². The van der Waals surface area contributed by atoms with Gasteiger partial charge in [-0.25, -0.2) is 0 Å². The summed E-state index contributed by atoms with van der Waals surface area (Å²) in [6, 6.07) is 0. The highest BCUT2D eigenvalue weighted by Crippen LogP contribution is 2.26. The van der Waals surface area contributed by atoms with Crippen LogP contribution in [-0.4, -0.2) is 57.3 Å². The molecule has 0 aromatic heterocycles. The van der Waals surface area contributed by atoms with Gasteiger partial charge in [0.05, 0.1) is 0 Å². The molecule has 1 aliphatic carbocycles. The molecule has 0 saturated heterocycles. The van der Waals surface area contributed by atoms with Crippen LogP contribution >= 0.6 is 0 Å². The zero-order valence-corrected chi connectivity index (χ0v) is 13.4. The highest BCUT2D eigenvalue weighted by atomic mass is 32.2. The molecule has 1 saturated carbocycles. The van der Waals surface area contributed by atoms with Gasteiger partial charge in [0.25, 0.3) is 10.2 Å². The Morgan fingerprint density at radius 2 is 1.79 bits per heavy atom. The Morgan fingerprint density at radius 3 is 2.37 bits per heavy atom. The lowest BCUT2D eigenvalue weighted by molar-refractivity contribution is 0.348. The van der Waals surface area contributed by atoms with E-state index in [9.17, 15) is 8.42 Å². The monoisotopic (exact) mass is 291 g/mol. The molecule has 1 aliphatic rings. The van der Waals surface area contributed by atoms with Crippen LogP contribution in [0.4, 0.5) is 0 Å². The van der Waals surface area contributed by atoms with Gasteiger partial charge in [-0.3, -0.25) is 0 Å². The van der Waals surface area contributed by atoms with E-state index >= 15 is 0 Å². The Morgan fingerprint density at radius 1 is 1.16 bits per heavy atom. The molecule has 0 atom stereocenters. The highest BCUT2D eigenvalue weighted by Gasteiger charge is 2.26. The van der Waals surface area contributed by atoms with E-state index in [-0.39, 0.29) is 0 Å². The van der Waals surface area contributed by atoms with Crippen molar-refractivity contribution >= 4 is 10.2 Å². The summed E-state index contributed by atoms with van der Waals surface area (Å²) in [5, 5.41) is 3.21. The van der Waals surface area contributed by atoms with Gasteiger partial charge in [0.15, 0.2) is 0 Å². The summed E-state index contributed by atoms with van der Waals surface area (Å²) < 4.78 is 27.6. The van der Waals surface area contributed by atoms with Gasteiger partial charge in [-0.1, -0.05) is 19.8 Å². The number of hydrogen-bond donors (Lipinski definition) is 1. The summed E-state index contributed by atoms with van der Waals surface area (Å²) in [7, 11) is 0.101. The maximum atomic E-state index is 12.3. The molecule has 0 aliphatic heterocycles. The third kappa shape index (κ3) is 5.38. The average Bonchev–Trinajstić information content (AvgIpc) is 2.87. The lowest BCUT2D eigenvalue weighted by Crippen LogP contribution is -2.42. The third-order valence-electron chi connectivity index (χ3n) is 3.85. The summed E-state index contributed by atoms with van der Waals surface area (Å²) in [5.74, 6) is 0.551. The first-order chi connectivity index (χ1) is 8.98. The van der Waals surface area contributed by atoms with Crippen LogP contribution in [0.5, 0.6) is 0 Å². The Bertz CT molecular complexity index is 340. The minimum atomic E-state index is -3.27. The summed E-state index contributed by atoms with van der Waals surface area (Å²) in [5.41, 5.74) is 0. The molecule has 1 fully saturated rings. The molecule has 0 aromatic carbocycles. The van der Waals surface area contributed by atoms with Crippen molar-refractivity contribution in [3.63, 3.8) is 0 Å². The van der Waals surface area contributed by atoms with Crippen molar-refractivity contribution in [3.8, 4) is 0 Å². The number of nitrogens with one attached hydrogen (secondary N) is 1. The normalized spacial score (nSPS) is 17.7. The Labute approximate surface area is 118 Å². The summed E-state index contributed by atoms with van der Waals surface area (Å²) in [6.07, 6.45) is 5.68. The Balaban J connectivity index is 2.38. The average molecular weight is 291 g/mol.